The molecule has 20 heavy (non-hydrogen) atoms. The molecule has 0 bridgehead atoms. The van der Waals surface area contributed by atoms with Gasteiger partial charge in [0.25, 0.3) is 0 Å². The summed E-state index contributed by atoms with van der Waals surface area (Å²) in [6.45, 7) is 14.8. The Morgan fingerprint density at radius 3 is 2.25 bits per heavy atom. The molecule has 1 heterocycles. The fourth-order valence-electron chi connectivity index (χ4n) is 2.06. The molecule has 0 aromatic heterocycles. The minimum Gasteiger partial charge on any atom is -0.447 e. The van der Waals surface area contributed by atoms with Crippen LogP contribution < -0.4 is 5.32 Å². The number of carbonyl (C=O) groups is 1. The quantitative estimate of drug-likeness (QED) is 0.760. The van der Waals surface area contributed by atoms with Gasteiger partial charge in [-0.2, -0.15) is 0 Å². The molecular formula is C14H30ClN3O2. The van der Waals surface area contributed by atoms with Crippen molar-refractivity contribution in [3.63, 3.8) is 0 Å². The number of piperazine rings is 1. The molecule has 0 aromatic carbocycles. The Bertz CT molecular complexity index is 267. The predicted octanol–water partition coefficient (Wildman–Crippen LogP) is 1.82. The van der Waals surface area contributed by atoms with Crippen LogP contribution in [0.3, 0.4) is 0 Å². The van der Waals surface area contributed by atoms with E-state index < -0.39 is 0 Å². The highest BCUT2D eigenvalue weighted by Gasteiger charge is 2.22. The van der Waals surface area contributed by atoms with Crippen LogP contribution in [0, 0.1) is 5.92 Å². The molecule has 1 aliphatic heterocycles. The zero-order valence-electron chi connectivity index (χ0n) is 13.2. The van der Waals surface area contributed by atoms with E-state index in [4.69, 9.17) is 4.74 Å². The van der Waals surface area contributed by atoms with Crippen LogP contribution in [0.2, 0.25) is 0 Å². The predicted molar refractivity (Wildman–Crippen MR) is 84.6 cm³/mol. The molecule has 1 N–H and O–H groups in total. The van der Waals surface area contributed by atoms with Crippen LogP contribution in [-0.4, -0.2) is 67.8 Å². The van der Waals surface area contributed by atoms with Crippen LogP contribution in [0.25, 0.3) is 0 Å². The Hall–Kier alpha value is -0.520. The molecule has 120 valence electrons. The highest BCUT2D eigenvalue weighted by Crippen LogP contribution is 2.04. The highest BCUT2D eigenvalue weighted by molar-refractivity contribution is 5.85. The van der Waals surface area contributed by atoms with Crippen LogP contribution in [0.1, 0.15) is 27.7 Å². The number of rotatable bonds is 6. The third-order valence-corrected chi connectivity index (χ3v) is 3.12. The van der Waals surface area contributed by atoms with E-state index in [0.29, 0.717) is 5.92 Å². The zero-order chi connectivity index (χ0) is 14.3. The number of amides is 1. The Balaban J connectivity index is 0.00000361. The molecule has 0 spiro atoms. The van der Waals surface area contributed by atoms with Crippen LogP contribution in [0.5, 0.6) is 0 Å². The maximum Gasteiger partial charge on any atom is 0.410 e. The maximum atomic E-state index is 11.7. The molecule has 0 saturated carbocycles. The molecule has 5 nitrogen and oxygen atoms in total. The molecule has 0 radical (unpaired) electrons. The Labute approximate surface area is 129 Å². The first-order valence-electron chi connectivity index (χ1n) is 7.37. The Kier molecular flexibility index (Phi) is 9.98. The van der Waals surface area contributed by atoms with Crippen molar-refractivity contribution in [2.45, 2.75) is 33.8 Å². The molecule has 0 aromatic rings. The van der Waals surface area contributed by atoms with Gasteiger partial charge in [-0.15, -0.1) is 12.4 Å². The van der Waals surface area contributed by atoms with Crippen molar-refractivity contribution in [1.29, 1.82) is 0 Å². The average Bonchev–Trinajstić information content (AvgIpc) is 2.34. The van der Waals surface area contributed by atoms with E-state index in [1.54, 1.807) is 4.90 Å². The van der Waals surface area contributed by atoms with E-state index in [1.165, 1.54) is 0 Å². The monoisotopic (exact) mass is 307 g/mol. The smallest absolute Gasteiger partial charge is 0.410 e. The van der Waals surface area contributed by atoms with Gasteiger partial charge in [0.2, 0.25) is 0 Å². The second-order valence-electron chi connectivity index (χ2n) is 5.86. The van der Waals surface area contributed by atoms with Gasteiger partial charge in [-0.25, -0.2) is 4.79 Å². The Morgan fingerprint density at radius 2 is 1.75 bits per heavy atom. The fraction of sp³-hybridized carbons (Fsp3) is 0.929. The summed E-state index contributed by atoms with van der Waals surface area (Å²) in [5.41, 5.74) is 0. The number of halogens is 1. The van der Waals surface area contributed by atoms with Gasteiger partial charge in [-0.05, 0) is 26.3 Å². The summed E-state index contributed by atoms with van der Waals surface area (Å²) < 4.78 is 5.21. The molecule has 0 unspecified atom stereocenters. The topological polar surface area (TPSA) is 44.8 Å². The lowest BCUT2D eigenvalue weighted by molar-refractivity contribution is 0.0573. The zero-order valence-corrected chi connectivity index (χ0v) is 14.0. The van der Waals surface area contributed by atoms with Gasteiger partial charge in [0, 0.05) is 39.3 Å². The molecule has 1 fully saturated rings. The summed E-state index contributed by atoms with van der Waals surface area (Å²) in [5.74, 6) is 0.697. The van der Waals surface area contributed by atoms with Gasteiger partial charge in [0.1, 0.15) is 0 Å². The van der Waals surface area contributed by atoms with Gasteiger partial charge in [-0.3, -0.25) is 4.90 Å². The number of carbonyl (C=O) groups excluding carboxylic acids is 1. The fourth-order valence-corrected chi connectivity index (χ4v) is 2.06. The number of hydrogen-bond acceptors (Lipinski definition) is 4. The van der Waals surface area contributed by atoms with Crippen molar-refractivity contribution in [3.8, 4) is 0 Å². The Morgan fingerprint density at radius 1 is 1.15 bits per heavy atom. The summed E-state index contributed by atoms with van der Waals surface area (Å²) in [5, 5.41) is 3.45. The molecule has 1 amide bonds. The molecule has 0 atom stereocenters. The molecule has 1 rings (SSSR count). The lowest BCUT2D eigenvalue weighted by atomic mass is 10.2. The van der Waals surface area contributed by atoms with E-state index in [2.05, 4.69) is 24.1 Å². The van der Waals surface area contributed by atoms with Crippen LogP contribution in [0.15, 0.2) is 0 Å². The number of nitrogens with one attached hydrogen (secondary N) is 1. The normalized spacial score (nSPS) is 16.4. The van der Waals surface area contributed by atoms with Crippen molar-refractivity contribution >= 4 is 18.5 Å². The van der Waals surface area contributed by atoms with Gasteiger partial charge in [0.05, 0.1) is 6.10 Å². The summed E-state index contributed by atoms with van der Waals surface area (Å²) in [7, 11) is 0. The molecule has 1 saturated heterocycles. The number of ether oxygens (including phenoxy) is 1. The van der Waals surface area contributed by atoms with Gasteiger partial charge in [0.15, 0.2) is 0 Å². The van der Waals surface area contributed by atoms with E-state index >= 15 is 0 Å². The largest absolute Gasteiger partial charge is 0.447 e. The van der Waals surface area contributed by atoms with Crippen molar-refractivity contribution in [1.82, 2.24) is 15.1 Å². The minimum absolute atomic E-state index is 0. The molecule has 0 aliphatic carbocycles. The van der Waals surface area contributed by atoms with Crippen molar-refractivity contribution in [2.24, 2.45) is 5.92 Å². The lowest BCUT2D eigenvalue weighted by Gasteiger charge is -2.34. The van der Waals surface area contributed by atoms with Gasteiger partial charge >= 0.3 is 6.09 Å². The molecular weight excluding hydrogens is 278 g/mol. The first kappa shape index (κ1) is 19.5. The average molecular weight is 308 g/mol. The van der Waals surface area contributed by atoms with Crippen molar-refractivity contribution in [2.75, 3.05) is 45.8 Å². The second-order valence-corrected chi connectivity index (χ2v) is 5.86. The second kappa shape index (κ2) is 10.2. The van der Waals surface area contributed by atoms with Crippen LogP contribution in [0.4, 0.5) is 4.79 Å². The summed E-state index contributed by atoms with van der Waals surface area (Å²) in [6, 6.07) is 0. The molecule has 1 aliphatic rings. The standard InChI is InChI=1S/C14H29N3O2.ClH/c1-12(2)11-15-5-6-16-7-9-17(10-8-16)14(18)19-13(3)4;/h12-13,15H,5-11H2,1-4H3;1H. The third-order valence-electron chi connectivity index (χ3n) is 3.12. The number of nitrogens with zero attached hydrogens (tertiary/aromatic N) is 2. The lowest BCUT2D eigenvalue weighted by Crippen LogP contribution is -2.50. The highest BCUT2D eigenvalue weighted by atomic mass is 35.5. The van der Waals surface area contributed by atoms with Gasteiger partial charge < -0.3 is 15.0 Å². The third kappa shape index (κ3) is 7.92. The van der Waals surface area contributed by atoms with Crippen molar-refractivity contribution in [3.05, 3.63) is 0 Å². The minimum atomic E-state index is -0.174. The van der Waals surface area contributed by atoms with Crippen LogP contribution in [-0.2, 0) is 4.74 Å². The molecule has 6 heteroatoms. The van der Waals surface area contributed by atoms with E-state index in [1.807, 2.05) is 13.8 Å². The van der Waals surface area contributed by atoms with Crippen LogP contribution >= 0.6 is 12.4 Å². The van der Waals surface area contributed by atoms with Crippen molar-refractivity contribution < 1.29 is 9.53 Å². The maximum absolute atomic E-state index is 11.7. The summed E-state index contributed by atoms with van der Waals surface area (Å²) >= 11 is 0. The van der Waals surface area contributed by atoms with E-state index in [0.717, 1.165) is 45.8 Å². The van der Waals surface area contributed by atoms with Gasteiger partial charge in [-0.1, -0.05) is 13.8 Å². The van der Waals surface area contributed by atoms with E-state index in [-0.39, 0.29) is 24.6 Å². The summed E-state index contributed by atoms with van der Waals surface area (Å²) in [4.78, 5) is 15.9. The SMILES string of the molecule is CC(C)CNCCN1CCN(C(=O)OC(C)C)CC1.Cl. The summed E-state index contributed by atoms with van der Waals surface area (Å²) in [6.07, 6.45) is -0.210. The first-order chi connectivity index (χ1) is 8.99. The van der Waals surface area contributed by atoms with E-state index in [9.17, 15) is 4.79 Å². The first-order valence-corrected chi connectivity index (χ1v) is 7.37. The number of hydrogen-bond donors (Lipinski definition) is 1.